The minimum atomic E-state index is -0.376. The van der Waals surface area contributed by atoms with E-state index in [-0.39, 0.29) is 23.5 Å². The number of nitrogens with zero attached hydrogens (tertiary/aromatic N) is 3. The SMILES string of the molecule is N#Cc1ccccc1C(=O)N1CCC(C(=O)Nc2ccnc(-c3ccccc3F)c2)CC1. The van der Waals surface area contributed by atoms with Crippen LogP contribution in [0.15, 0.2) is 66.9 Å². The quantitative estimate of drug-likeness (QED) is 0.673. The summed E-state index contributed by atoms with van der Waals surface area (Å²) in [7, 11) is 0. The lowest BCUT2D eigenvalue weighted by molar-refractivity contribution is -0.121. The fraction of sp³-hybridized carbons (Fsp3) is 0.200. The van der Waals surface area contributed by atoms with Gasteiger partial charge in [0, 0.05) is 36.5 Å². The number of halogens is 1. The fourth-order valence-corrected chi connectivity index (χ4v) is 3.85. The number of benzene rings is 2. The van der Waals surface area contributed by atoms with E-state index >= 15 is 0 Å². The summed E-state index contributed by atoms with van der Waals surface area (Å²) in [6.45, 7) is 0.876. The number of aromatic nitrogens is 1. The molecule has 6 nitrogen and oxygen atoms in total. The summed E-state index contributed by atoms with van der Waals surface area (Å²) in [6.07, 6.45) is 2.58. The van der Waals surface area contributed by atoms with E-state index in [1.54, 1.807) is 59.5 Å². The molecular formula is C25H21FN4O2. The normalized spacial score (nSPS) is 13.9. The summed E-state index contributed by atoms with van der Waals surface area (Å²) >= 11 is 0. The second-order valence-corrected chi connectivity index (χ2v) is 7.62. The highest BCUT2D eigenvalue weighted by Crippen LogP contribution is 2.25. The van der Waals surface area contributed by atoms with Gasteiger partial charge in [-0.05, 0) is 49.2 Å². The number of amides is 2. The Bertz CT molecular complexity index is 1200. The van der Waals surface area contributed by atoms with Gasteiger partial charge >= 0.3 is 0 Å². The smallest absolute Gasteiger partial charge is 0.255 e. The predicted molar refractivity (Wildman–Crippen MR) is 118 cm³/mol. The zero-order valence-corrected chi connectivity index (χ0v) is 17.3. The molecule has 1 aliphatic rings. The Morgan fingerprint density at radius 1 is 1.06 bits per heavy atom. The van der Waals surface area contributed by atoms with Crippen LogP contribution in [-0.4, -0.2) is 34.8 Å². The molecule has 1 N–H and O–H groups in total. The first-order valence-corrected chi connectivity index (χ1v) is 10.4. The third-order valence-electron chi connectivity index (χ3n) is 5.61. The van der Waals surface area contributed by atoms with Crippen molar-refractivity contribution in [2.75, 3.05) is 18.4 Å². The maximum absolute atomic E-state index is 14.1. The van der Waals surface area contributed by atoms with E-state index in [1.807, 2.05) is 6.07 Å². The minimum absolute atomic E-state index is 0.139. The lowest BCUT2D eigenvalue weighted by atomic mass is 9.95. The molecule has 0 atom stereocenters. The highest BCUT2D eigenvalue weighted by atomic mass is 19.1. The molecule has 1 aliphatic heterocycles. The third-order valence-corrected chi connectivity index (χ3v) is 5.61. The summed E-state index contributed by atoms with van der Waals surface area (Å²) in [4.78, 5) is 31.4. The van der Waals surface area contributed by atoms with Gasteiger partial charge in [0.05, 0.1) is 22.9 Å². The largest absolute Gasteiger partial charge is 0.339 e. The number of pyridine rings is 1. The molecule has 0 radical (unpaired) electrons. The molecule has 1 saturated heterocycles. The van der Waals surface area contributed by atoms with Gasteiger partial charge < -0.3 is 10.2 Å². The van der Waals surface area contributed by atoms with Gasteiger partial charge in [-0.25, -0.2) is 4.39 Å². The Morgan fingerprint density at radius 3 is 2.53 bits per heavy atom. The van der Waals surface area contributed by atoms with Crippen molar-refractivity contribution in [3.05, 3.63) is 83.8 Å². The third kappa shape index (κ3) is 4.49. The Hall–Kier alpha value is -4.05. The van der Waals surface area contributed by atoms with Gasteiger partial charge in [-0.1, -0.05) is 24.3 Å². The average Bonchev–Trinajstić information content (AvgIpc) is 2.84. The van der Waals surface area contributed by atoms with E-state index in [4.69, 9.17) is 0 Å². The number of rotatable bonds is 4. The van der Waals surface area contributed by atoms with E-state index < -0.39 is 0 Å². The predicted octanol–water partition coefficient (Wildman–Crippen LogP) is 4.25. The van der Waals surface area contributed by atoms with Crippen LogP contribution in [-0.2, 0) is 4.79 Å². The lowest BCUT2D eigenvalue weighted by Crippen LogP contribution is -2.41. The first-order valence-electron chi connectivity index (χ1n) is 10.4. The van der Waals surface area contributed by atoms with Gasteiger partial charge in [-0.15, -0.1) is 0 Å². The molecule has 32 heavy (non-hydrogen) atoms. The van der Waals surface area contributed by atoms with Crippen molar-refractivity contribution < 1.29 is 14.0 Å². The van der Waals surface area contributed by atoms with Crippen molar-refractivity contribution in [3.8, 4) is 17.3 Å². The summed E-state index contributed by atoms with van der Waals surface area (Å²) < 4.78 is 14.1. The number of nitrogens with one attached hydrogen (secondary N) is 1. The Labute approximate surface area is 185 Å². The standard InChI is InChI=1S/C25H21FN4O2/c26-22-8-4-3-7-21(22)23-15-19(9-12-28-23)29-24(31)17-10-13-30(14-11-17)25(32)20-6-2-1-5-18(20)16-27/h1-9,12,15,17H,10-11,13-14H2,(H,28,29,31). The molecule has 1 fully saturated rings. The zero-order chi connectivity index (χ0) is 22.5. The van der Waals surface area contributed by atoms with E-state index in [0.717, 1.165) is 0 Å². The second-order valence-electron chi connectivity index (χ2n) is 7.62. The van der Waals surface area contributed by atoms with Crippen molar-refractivity contribution in [1.82, 2.24) is 9.88 Å². The number of hydrogen-bond acceptors (Lipinski definition) is 4. The van der Waals surface area contributed by atoms with Crippen LogP contribution in [0.1, 0.15) is 28.8 Å². The Kier molecular flexibility index (Phi) is 6.22. The molecule has 0 unspecified atom stereocenters. The van der Waals surface area contributed by atoms with Crippen LogP contribution in [0, 0.1) is 23.1 Å². The lowest BCUT2D eigenvalue weighted by Gasteiger charge is -2.31. The topological polar surface area (TPSA) is 86.1 Å². The highest BCUT2D eigenvalue weighted by molar-refractivity contribution is 5.97. The van der Waals surface area contributed by atoms with Crippen LogP contribution >= 0.6 is 0 Å². The molecule has 1 aromatic heterocycles. The number of likely N-dealkylation sites (tertiary alicyclic amines) is 1. The van der Waals surface area contributed by atoms with E-state index in [1.165, 1.54) is 12.3 Å². The molecule has 0 spiro atoms. The first kappa shape index (κ1) is 21.2. The van der Waals surface area contributed by atoms with Crippen LogP contribution in [0.5, 0.6) is 0 Å². The minimum Gasteiger partial charge on any atom is -0.339 e. The van der Waals surface area contributed by atoms with Gasteiger partial charge in [0.2, 0.25) is 5.91 Å². The van der Waals surface area contributed by atoms with Crippen molar-refractivity contribution in [1.29, 1.82) is 5.26 Å². The van der Waals surface area contributed by atoms with Gasteiger partial charge in [0.25, 0.3) is 5.91 Å². The number of carbonyl (C=O) groups excluding carboxylic acids is 2. The molecule has 4 rings (SSSR count). The number of nitriles is 1. The molecule has 2 heterocycles. The Morgan fingerprint density at radius 2 is 1.78 bits per heavy atom. The summed E-state index contributed by atoms with van der Waals surface area (Å²) in [5, 5.41) is 12.1. The van der Waals surface area contributed by atoms with Crippen LogP contribution < -0.4 is 5.32 Å². The van der Waals surface area contributed by atoms with Gasteiger partial charge in [-0.3, -0.25) is 14.6 Å². The Balaban J connectivity index is 1.38. The molecule has 160 valence electrons. The first-order chi connectivity index (χ1) is 15.6. The summed E-state index contributed by atoms with van der Waals surface area (Å²) in [5.74, 6) is -0.946. The highest BCUT2D eigenvalue weighted by Gasteiger charge is 2.28. The van der Waals surface area contributed by atoms with Crippen LogP contribution in [0.4, 0.5) is 10.1 Å². The van der Waals surface area contributed by atoms with Crippen molar-refractivity contribution in [2.24, 2.45) is 5.92 Å². The molecule has 2 amide bonds. The average molecular weight is 428 g/mol. The molecule has 2 aromatic carbocycles. The van der Waals surface area contributed by atoms with Gasteiger partial charge in [0.1, 0.15) is 5.82 Å². The molecule has 3 aromatic rings. The molecule has 7 heteroatoms. The van der Waals surface area contributed by atoms with E-state index in [0.29, 0.717) is 54.0 Å². The van der Waals surface area contributed by atoms with Gasteiger partial charge in [0.15, 0.2) is 0 Å². The van der Waals surface area contributed by atoms with Crippen molar-refractivity contribution in [2.45, 2.75) is 12.8 Å². The molecular weight excluding hydrogens is 407 g/mol. The number of anilines is 1. The van der Waals surface area contributed by atoms with Gasteiger partial charge in [-0.2, -0.15) is 5.26 Å². The number of piperidine rings is 1. The number of hydrogen-bond donors (Lipinski definition) is 1. The van der Waals surface area contributed by atoms with E-state index in [9.17, 15) is 19.2 Å². The van der Waals surface area contributed by atoms with E-state index in [2.05, 4.69) is 10.3 Å². The summed E-state index contributed by atoms with van der Waals surface area (Å²) in [6, 6.07) is 18.4. The van der Waals surface area contributed by atoms with Crippen molar-refractivity contribution >= 4 is 17.5 Å². The molecule has 0 saturated carbocycles. The van der Waals surface area contributed by atoms with Crippen LogP contribution in [0.25, 0.3) is 11.3 Å². The monoisotopic (exact) mass is 428 g/mol. The number of carbonyl (C=O) groups is 2. The van der Waals surface area contributed by atoms with Crippen LogP contribution in [0.3, 0.4) is 0 Å². The summed E-state index contributed by atoms with van der Waals surface area (Å²) in [5.41, 5.74) is 2.09. The van der Waals surface area contributed by atoms with Crippen molar-refractivity contribution in [3.63, 3.8) is 0 Å². The van der Waals surface area contributed by atoms with Crippen LogP contribution in [0.2, 0.25) is 0 Å². The maximum Gasteiger partial charge on any atom is 0.255 e. The maximum atomic E-state index is 14.1. The second kappa shape index (κ2) is 9.40. The zero-order valence-electron chi connectivity index (χ0n) is 17.3. The molecule has 0 aliphatic carbocycles. The fourth-order valence-electron chi connectivity index (χ4n) is 3.85. The molecule has 0 bridgehead atoms.